The normalized spacial score (nSPS) is 26.8. The summed E-state index contributed by atoms with van der Waals surface area (Å²) in [5, 5.41) is 39.4. The lowest BCUT2D eigenvalue weighted by Crippen LogP contribution is -2.61. The van der Waals surface area contributed by atoms with Crippen LogP contribution in [0.25, 0.3) is 0 Å². The fraction of sp³-hybridized carbons (Fsp3) is 0.568. The van der Waals surface area contributed by atoms with Gasteiger partial charge in [-0.05, 0) is 48.8 Å². The van der Waals surface area contributed by atoms with Gasteiger partial charge < -0.3 is 55.6 Å². The van der Waals surface area contributed by atoms with Crippen molar-refractivity contribution in [2.45, 2.75) is 103 Å². The number of esters is 1. The summed E-state index contributed by atoms with van der Waals surface area (Å²) in [6.07, 6.45) is -1.65. The molecule has 64 heavy (non-hydrogen) atoms. The predicted octanol–water partition coefficient (Wildman–Crippen LogP) is -0.422. The lowest BCUT2D eigenvalue weighted by molar-refractivity contribution is -0.161. The predicted molar refractivity (Wildman–Crippen MR) is 229 cm³/mol. The third-order valence-electron chi connectivity index (χ3n) is 11.8. The van der Waals surface area contributed by atoms with Gasteiger partial charge >= 0.3 is 5.97 Å². The molecule has 20 nitrogen and oxygen atoms in total. The van der Waals surface area contributed by atoms with E-state index < -0.39 is 126 Å². The summed E-state index contributed by atoms with van der Waals surface area (Å²) in [4.78, 5) is 122. The number of aromatic hydroxyl groups is 1. The Morgan fingerprint density at radius 2 is 1.52 bits per heavy atom. The SMILES string of the molecule is CC(C)C[C@H]1NC(=O)[C@@H](NC(=O)c2ncccc2O)[C@@H](C)OC(=O)[C@H](c2ccccc2)N(C)C(=O)[C@H](CO)NC(=O)[C@H]([C@H](C)C(C)C)N(C)C(=O)CN(C)C(=O)[C@H]2C[C@@H](O)CN2C1=O. The molecule has 6 N–H and O–H groups in total. The molecule has 7 amide bonds. The van der Waals surface area contributed by atoms with Crippen LogP contribution >= 0.6 is 0 Å². The molecule has 3 heterocycles. The highest BCUT2D eigenvalue weighted by molar-refractivity contribution is 6.00. The number of hydrogen-bond donors (Lipinski definition) is 6. The first-order valence-corrected chi connectivity index (χ1v) is 21.3. The van der Waals surface area contributed by atoms with Crippen LogP contribution in [0.15, 0.2) is 48.7 Å². The van der Waals surface area contributed by atoms with Gasteiger partial charge in [0.25, 0.3) is 5.91 Å². The van der Waals surface area contributed by atoms with E-state index in [1.165, 1.54) is 58.5 Å². The standard InChI is InChI=1S/C44H62N8O12/c1-23(2)18-29-42(61)52-20-28(54)19-31(52)43(62)49(7)21-33(56)50(8)36(25(5)24(3)4)40(59)47-30(22-53)41(60)51(9)37(27-14-11-10-12-15-27)44(63)64-26(6)34(38(57)46-29)48-39(58)35-32(55)16-13-17-45-35/h10-17,23-26,28-31,34,36-37,53-55H,18-22H2,1-9H3,(H,46,57)(H,47,59)(H,48,58)/t25-,26-,28-,29-,30+,31-,34+,36+,37+/m1/s1. The molecule has 0 bridgehead atoms. The van der Waals surface area contributed by atoms with Crippen molar-refractivity contribution in [2.24, 2.45) is 17.8 Å². The van der Waals surface area contributed by atoms with Crippen LogP contribution in [0.3, 0.4) is 0 Å². The van der Waals surface area contributed by atoms with Crippen LogP contribution in [0.2, 0.25) is 0 Å². The molecule has 0 saturated carbocycles. The quantitative estimate of drug-likeness (QED) is 0.184. The number of carbonyl (C=O) groups excluding carboxylic acids is 8. The van der Waals surface area contributed by atoms with E-state index in [1.807, 2.05) is 13.8 Å². The zero-order valence-electron chi connectivity index (χ0n) is 37.8. The maximum Gasteiger partial charge on any atom is 0.333 e. The fourth-order valence-electron chi connectivity index (χ4n) is 7.84. The molecule has 4 rings (SSSR count). The topological polar surface area (TPSA) is 268 Å². The highest BCUT2D eigenvalue weighted by Gasteiger charge is 2.45. The second-order valence-corrected chi connectivity index (χ2v) is 17.3. The van der Waals surface area contributed by atoms with E-state index >= 15 is 0 Å². The molecule has 1 aromatic carbocycles. The second kappa shape index (κ2) is 22.0. The number of pyridine rings is 1. The molecule has 350 valence electrons. The van der Waals surface area contributed by atoms with Crippen LogP contribution in [0.1, 0.15) is 76.5 Å². The zero-order chi connectivity index (χ0) is 47.7. The molecule has 20 heteroatoms. The first-order chi connectivity index (χ1) is 30.1. The third kappa shape index (κ3) is 11.9. The van der Waals surface area contributed by atoms with Crippen molar-refractivity contribution in [3.8, 4) is 5.75 Å². The molecule has 2 saturated heterocycles. The lowest BCUT2D eigenvalue weighted by Gasteiger charge is -2.37. The second-order valence-electron chi connectivity index (χ2n) is 17.3. The van der Waals surface area contributed by atoms with Crippen molar-refractivity contribution in [2.75, 3.05) is 40.8 Å². The Morgan fingerprint density at radius 1 is 0.875 bits per heavy atom. The van der Waals surface area contributed by atoms with Crippen molar-refractivity contribution >= 4 is 47.3 Å². The van der Waals surface area contributed by atoms with Crippen molar-refractivity contribution in [3.63, 3.8) is 0 Å². The Hall–Kier alpha value is -6.15. The Bertz CT molecular complexity index is 2040. The lowest BCUT2D eigenvalue weighted by atomic mass is 9.88. The largest absolute Gasteiger partial charge is 0.505 e. The molecule has 2 aliphatic heterocycles. The van der Waals surface area contributed by atoms with Gasteiger partial charge in [-0.1, -0.05) is 65.0 Å². The molecule has 0 radical (unpaired) electrons. The summed E-state index contributed by atoms with van der Waals surface area (Å²) in [5.41, 5.74) is -0.241. The summed E-state index contributed by atoms with van der Waals surface area (Å²) >= 11 is 0. The van der Waals surface area contributed by atoms with Crippen LogP contribution in [0.4, 0.5) is 0 Å². The summed E-state index contributed by atoms with van der Waals surface area (Å²) in [5.74, 6) is -8.52. The molecule has 2 aliphatic rings. The Morgan fingerprint density at radius 3 is 2.11 bits per heavy atom. The summed E-state index contributed by atoms with van der Waals surface area (Å²) in [7, 11) is 3.95. The van der Waals surface area contributed by atoms with Gasteiger partial charge in [0.15, 0.2) is 11.7 Å². The van der Waals surface area contributed by atoms with Crippen molar-refractivity contribution in [1.29, 1.82) is 0 Å². The fourth-order valence-corrected chi connectivity index (χ4v) is 7.84. The minimum atomic E-state index is -1.78. The van der Waals surface area contributed by atoms with Gasteiger partial charge in [0.05, 0.1) is 19.3 Å². The van der Waals surface area contributed by atoms with Crippen LogP contribution in [-0.4, -0.2) is 170 Å². The number of likely N-dealkylation sites (N-methyl/N-ethyl adjacent to an activating group) is 3. The number of hydrogen-bond acceptors (Lipinski definition) is 13. The number of fused-ring (bicyclic) bond motifs is 1. The van der Waals surface area contributed by atoms with Crippen LogP contribution in [0.5, 0.6) is 5.75 Å². The van der Waals surface area contributed by atoms with Gasteiger partial charge in [-0.15, -0.1) is 0 Å². The number of aromatic nitrogens is 1. The van der Waals surface area contributed by atoms with E-state index in [9.17, 15) is 53.7 Å². The van der Waals surface area contributed by atoms with Gasteiger partial charge in [-0.2, -0.15) is 0 Å². The maximum atomic E-state index is 14.5. The number of rotatable bonds is 8. The van der Waals surface area contributed by atoms with Crippen molar-refractivity contribution < 1.29 is 58.4 Å². The number of benzene rings is 1. The van der Waals surface area contributed by atoms with Crippen LogP contribution in [0, 0.1) is 17.8 Å². The Labute approximate surface area is 372 Å². The Kier molecular flexibility index (Phi) is 17.3. The van der Waals surface area contributed by atoms with Gasteiger partial charge in [0.2, 0.25) is 35.4 Å². The van der Waals surface area contributed by atoms with Gasteiger partial charge in [0.1, 0.15) is 42.1 Å². The number of nitrogens with one attached hydrogen (secondary N) is 3. The molecule has 2 aromatic rings. The summed E-state index contributed by atoms with van der Waals surface area (Å²) < 4.78 is 5.88. The van der Waals surface area contributed by atoms with Gasteiger partial charge in [-0.3, -0.25) is 33.6 Å². The number of ether oxygens (including phenoxy) is 1. The monoisotopic (exact) mass is 894 g/mol. The smallest absolute Gasteiger partial charge is 0.333 e. The van der Waals surface area contributed by atoms with Crippen LogP contribution in [-0.2, 0) is 38.3 Å². The summed E-state index contributed by atoms with van der Waals surface area (Å²) in [6.45, 7) is 8.47. The highest BCUT2D eigenvalue weighted by atomic mass is 16.5. The minimum Gasteiger partial charge on any atom is -0.505 e. The molecule has 0 unspecified atom stereocenters. The number of aliphatic hydroxyl groups is 2. The minimum absolute atomic E-state index is 0.0135. The van der Waals surface area contributed by atoms with E-state index in [0.717, 1.165) is 19.6 Å². The number of amides is 7. The Balaban J connectivity index is 1.88. The van der Waals surface area contributed by atoms with Gasteiger partial charge in [0, 0.05) is 40.3 Å². The zero-order valence-corrected chi connectivity index (χ0v) is 37.8. The molecule has 1 aromatic heterocycles. The molecule has 2 fully saturated rings. The maximum absolute atomic E-state index is 14.5. The molecule has 0 spiro atoms. The molecule has 9 atom stereocenters. The summed E-state index contributed by atoms with van der Waals surface area (Å²) in [6, 6.07) is 1.65. The highest BCUT2D eigenvalue weighted by Crippen LogP contribution is 2.26. The number of cyclic esters (lactones) is 1. The van der Waals surface area contributed by atoms with Gasteiger partial charge in [-0.25, -0.2) is 9.78 Å². The van der Waals surface area contributed by atoms with E-state index in [1.54, 1.807) is 39.0 Å². The van der Waals surface area contributed by atoms with Crippen molar-refractivity contribution in [1.82, 2.24) is 40.5 Å². The molecular weight excluding hydrogens is 833 g/mol. The third-order valence-corrected chi connectivity index (χ3v) is 11.8. The average Bonchev–Trinajstić information content (AvgIpc) is 3.64. The van der Waals surface area contributed by atoms with E-state index in [-0.39, 0.29) is 36.8 Å². The average molecular weight is 895 g/mol. The van der Waals surface area contributed by atoms with E-state index in [2.05, 4.69) is 20.9 Å². The van der Waals surface area contributed by atoms with Crippen LogP contribution < -0.4 is 16.0 Å². The van der Waals surface area contributed by atoms with Crippen molar-refractivity contribution in [3.05, 3.63) is 59.9 Å². The van der Waals surface area contributed by atoms with E-state index in [0.29, 0.717) is 0 Å². The molecular formula is C44H62N8O12. The first-order valence-electron chi connectivity index (χ1n) is 21.3. The number of carbonyl (C=O) groups is 8. The first kappa shape index (κ1) is 50.5. The number of aliphatic hydroxyl groups excluding tert-OH is 2. The molecule has 0 aliphatic carbocycles. The van der Waals surface area contributed by atoms with E-state index in [4.69, 9.17) is 4.74 Å². The number of nitrogens with zero attached hydrogens (tertiary/aromatic N) is 5.